The summed E-state index contributed by atoms with van der Waals surface area (Å²) >= 11 is 0. The molecule has 0 aromatic heterocycles. The fourth-order valence-electron chi connectivity index (χ4n) is 1.33. The maximum absolute atomic E-state index is 8.68. The van der Waals surface area contributed by atoms with Gasteiger partial charge in [-0.3, -0.25) is 0 Å². The number of benzene rings is 1. The smallest absolute Gasteiger partial charge is 0.127 e. The van der Waals surface area contributed by atoms with Crippen LogP contribution in [-0.4, -0.2) is 36.6 Å². The van der Waals surface area contributed by atoms with Gasteiger partial charge >= 0.3 is 0 Å². The summed E-state index contributed by atoms with van der Waals surface area (Å²) in [7, 11) is 0. The Balaban J connectivity index is 0.00000256. The van der Waals surface area contributed by atoms with Gasteiger partial charge in [0.25, 0.3) is 0 Å². The minimum atomic E-state index is -0.0499. The van der Waals surface area contributed by atoms with E-state index in [0.29, 0.717) is 11.5 Å². The molecule has 0 atom stereocenters. The normalized spacial score (nSPS) is 9.59. The van der Waals surface area contributed by atoms with E-state index in [-0.39, 0.29) is 45.4 Å². The summed E-state index contributed by atoms with van der Waals surface area (Å²) in [5.41, 5.74) is 6.35. The van der Waals surface area contributed by atoms with E-state index < -0.39 is 0 Å². The Kier molecular flexibility index (Phi) is 8.53. The number of hydrogen-bond donors (Lipinski definition) is 3. The second-order valence-electron chi connectivity index (χ2n) is 3.08. The molecule has 5 nitrogen and oxygen atoms in total. The van der Waals surface area contributed by atoms with Crippen molar-refractivity contribution in [1.29, 1.82) is 0 Å². The molecule has 0 saturated carbocycles. The standard InChI is InChI=1S/C11H17NO4.ClH/c12-8-9-10(15-6-4-13)2-1-3-11(9)16-7-5-14;/h1-3,13-14H,4-8,12H2;1H. The van der Waals surface area contributed by atoms with Crippen molar-refractivity contribution in [2.24, 2.45) is 5.73 Å². The second kappa shape index (κ2) is 9.07. The summed E-state index contributed by atoms with van der Waals surface area (Å²) < 4.78 is 10.7. The van der Waals surface area contributed by atoms with Crippen molar-refractivity contribution < 1.29 is 19.7 Å². The first-order chi connectivity index (χ1) is 7.83. The molecule has 0 aliphatic carbocycles. The molecule has 0 aliphatic heterocycles. The number of aliphatic hydroxyl groups is 2. The van der Waals surface area contributed by atoms with Crippen molar-refractivity contribution in [2.75, 3.05) is 26.4 Å². The lowest BCUT2D eigenvalue weighted by atomic mass is 10.2. The third kappa shape index (κ3) is 4.79. The number of ether oxygens (including phenoxy) is 2. The molecular formula is C11H18ClNO4. The van der Waals surface area contributed by atoms with Crippen LogP contribution in [0.2, 0.25) is 0 Å². The van der Waals surface area contributed by atoms with E-state index in [2.05, 4.69) is 0 Å². The zero-order chi connectivity index (χ0) is 11.8. The van der Waals surface area contributed by atoms with Crippen LogP contribution >= 0.6 is 12.4 Å². The Morgan fingerprint density at radius 3 is 1.82 bits per heavy atom. The molecule has 0 aliphatic rings. The highest BCUT2D eigenvalue weighted by molar-refractivity contribution is 5.85. The maximum atomic E-state index is 8.68. The molecule has 0 spiro atoms. The van der Waals surface area contributed by atoms with Gasteiger partial charge < -0.3 is 25.4 Å². The van der Waals surface area contributed by atoms with Gasteiger partial charge in [0.1, 0.15) is 24.7 Å². The van der Waals surface area contributed by atoms with E-state index >= 15 is 0 Å². The molecule has 0 saturated heterocycles. The predicted molar refractivity (Wildman–Crippen MR) is 66.7 cm³/mol. The van der Waals surface area contributed by atoms with Crippen LogP contribution in [0.3, 0.4) is 0 Å². The van der Waals surface area contributed by atoms with Crippen molar-refractivity contribution in [2.45, 2.75) is 6.54 Å². The molecule has 1 aromatic rings. The van der Waals surface area contributed by atoms with Crippen molar-refractivity contribution in [1.82, 2.24) is 0 Å². The van der Waals surface area contributed by atoms with Gasteiger partial charge in [0.15, 0.2) is 0 Å². The van der Waals surface area contributed by atoms with Crippen LogP contribution in [0.15, 0.2) is 18.2 Å². The topological polar surface area (TPSA) is 84.9 Å². The van der Waals surface area contributed by atoms with Crippen LogP contribution in [-0.2, 0) is 6.54 Å². The third-order valence-corrected chi connectivity index (χ3v) is 1.99. The molecule has 1 aromatic carbocycles. The largest absolute Gasteiger partial charge is 0.491 e. The summed E-state index contributed by atoms with van der Waals surface area (Å²) in [5.74, 6) is 1.21. The lowest BCUT2D eigenvalue weighted by Crippen LogP contribution is -2.10. The fourth-order valence-corrected chi connectivity index (χ4v) is 1.33. The van der Waals surface area contributed by atoms with Crippen molar-refractivity contribution in [3.63, 3.8) is 0 Å². The first-order valence-corrected chi connectivity index (χ1v) is 5.12. The Bertz CT molecular complexity index is 296. The van der Waals surface area contributed by atoms with Gasteiger partial charge in [-0.2, -0.15) is 0 Å². The lowest BCUT2D eigenvalue weighted by molar-refractivity contribution is 0.192. The van der Waals surface area contributed by atoms with Gasteiger partial charge in [-0.1, -0.05) is 6.07 Å². The van der Waals surface area contributed by atoms with Crippen LogP contribution in [0.1, 0.15) is 5.56 Å². The number of aliphatic hydroxyl groups excluding tert-OH is 2. The Hall–Kier alpha value is -1.01. The van der Waals surface area contributed by atoms with Crippen LogP contribution < -0.4 is 15.2 Å². The van der Waals surface area contributed by atoms with E-state index in [9.17, 15) is 0 Å². The minimum absolute atomic E-state index is 0. The summed E-state index contributed by atoms with van der Waals surface area (Å²) in [5, 5.41) is 17.4. The molecule has 4 N–H and O–H groups in total. The van der Waals surface area contributed by atoms with Gasteiger partial charge in [0, 0.05) is 12.1 Å². The molecule has 0 heterocycles. The highest BCUT2D eigenvalue weighted by Gasteiger charge is 2.08. The fraction of sp³-hybridized carbons (Fsp3) is 0.455. The van der Waals surface area contributed by atoms with Crippen LogP contribution in [0.25, 0.3) is 0 Å². The van der Waals surface area contributed by atoms with Gasteiger partial charge in [-0.25, -0.2) is 0 Å². The highest BCUT2D eigenvalue weighted by Crippen LogP contribution is 2.27. The lowest BCUT2D eigenvalue weighted by Gasteiger charge is -2.14. The Labute approximate surface area is 107 Å². The Morgan fingerprint density at radius 1 is 1.00 bits per heavy atom. The van der Waals surface area contributed by atoms with Crippen LogP contribution in [0.5, 0.6) is 11.5 Å². The maximum Gasteiger partial charge on any atom is 0.127 e. The van der Waals surface area contributed by atoms with E-state index in [1.165, 1.54) is 0 Å². The van der Waals surface area contributed by atoms with Gasteiger partial charge in [0.05, 0.1) is 13.2 Å². The van der Waals surface area contributed by atoms with E-state index in [4.69, 9.17) is 25.4 Å². The third-order valence-electron chi connectivity index (χ3n) is 1.99. The second-order valence-corrected chi connectivity index (χ2v) is 3.08. The Morgan fingerprint density at radius 2 is 1.47 bits per heavy atom. The van der Waals surface area contributed by atoms with Crippen LogP contribution in [0.4, 0.5) is 0 Å². The SMILES string of the molecule is Cl.NCc1c(OCCO)cccc1OCCO. The first-order valence-electron chi connectivity index (χ1n) is 5.12. The molecule has 0 unspecified atom stereocenters. The van der Waals surface area contributed by atoms with E-state index in [1.807, 2.05) is 0 Å². The molecular weight excluding hydrogens is 246 g/mol. The summed E-state index contributed by atoms with van der Waals surface area (Å²) in [6, 6.07) is 5.31. The zero-order valence-electron chi connectivity index (χ0n) is 9.46. The van der Waals surface area contributed by atoms with Crippen molar-refractivity contribution in [3.05, 3.63) is 23.8 Å². The number of halogens is 1. The average Bonchev–Trinajstić information content (AvgIpc) is 2.33. The summed E-state index contributed by atoms with van der Waals surface area (Å²) in [4.78, 5) is 0. The molecule has 0 radical (unpaired) electrons. The average molecular weight is 264 g/mol. The van der Waals surface area contributed by atoms with Gasteiger partial charge in [-0.15, -0.1) is 12.4 Å². The van der Waals surface area contributed by atoms with Crippen molar-refractivity contribution >= 4 is 12.4 Å². The first kappa shape index (κ1) is 16.0. The van der Waals surface area contributed by atoms with Crippen molar-refractivity contribution in [3.8, 4) is 11.5 Å². The predicted octanol–water partition coefficient (Wildman–Crippen LogP) is 0.309. The number of nitrogens with two attached hydrogens (primary N) is 1. The quantitative estimate of drug-likeness (QED) is 0.659. The molecule has 0 bridgehead atoms. The molecule has 0 amide bonds. The molecule has 0 fully saturated rings. The molecule has 6 heteroatoms. The van der Waals surface area contributed by atoms with E-state index in [1.54, 1.807) is 18.2 Å². The summed E-state index contributed by atoms with van der Waals surface area (Å²) in [6.45, 7) is 0.618. The minimum Gasteiger partial charge on any atom is -0.491 e. The molecule has 1 rings (SSSR count). The highest BCUT2D eigenvalue weighted by atomic mass is 35.5. The molecule has 17 heavy (non-hydrogen) atoms. The van der Waals surface area contributed by atoms with Gasteiger partial charge in [-0.05, 0) is 12.1 Å². The zero-order valence-corrected chi connectivity index (χ0v) is 10.3. The monoisotopic (exact) mass is 263 g/mol. The number of hydrogen-bond acceptors (Lipinski definition) is 5. The van der Waals surface area contributed by atoms with Gasteiger partial charge in [0.2, 0.25) is 0 Å². The number of rotatable bonds is 7. The van der Waals surface area contributed by atoms with Crippen LogP contribution in [0, 0.1) is 0 Å². The van der Waals surface area contributed by atoms with E-state index in [0.717, 1.165) is 5.56 Å². The summed E-state index contributed by atoms with van der Waals surface area (Å²) in [6.07, 6.45) is 0. The molecule has 98 valence electrons.